The zero-order valence-electron chi connectivity index (χ0n) is 24.5. The van der Waals surface area contributed by atoms with Crippen LogP contribution in [0.3, 0.4) is 0 Å². The Hall–Kier alpha value is -3.93. The van der Waals surface area contributed by atoms with Crippen LogP contribution in [0, 0.1) is 23.1 Å². The Kier molecular flexibility index (Phi) is 8.71. The number of ether oxygens (including phenoxy) is 1. The molecule has 41 heavy (non-hydrogen) atoms. The molecule has 3 amide bonds. The van der Waals surface area contributed by atoms with Gasteiger partial charge in [0.2, 0.25) is 11.8 Å². The van der Waals surface area contributed by atoms with Crippen LogP contribution < -0.4 is 15.5 Å². The van der Waals surface area contributed by atoms with Crippen LogP contribution in [0.4, 0.5) is 14.9 Å². The lowest BCUT2D eigenvalue weighted by molar-refractivity contribution is -0.129. The summed E-state index contributed by atoms with van der Waals surface area (Å²) >= 11 is 0. The Morgan fingerprint density at radius 1 is 1.12 bits per heavy atom. The number of nitrogens with zero attached hydrogens (tertiary/aromatic N) is 2. The van der Waals surface area contributed by atoms with Crippen molar-refractivity contribution in [2.24, 2.45) is 5.92 Å². The summed E-state index contributed by atoms with van der Waals surface area (Å²) in [5, 5.41) is 15.4. The zero-order valence-corrected chi connectivity index (χ0v) is 24.5. The van der Waals surface area contributed by atoms with Crippen molar-refractivity contribution in [3.8, 4) is 17.2 Å². The number of hydrogen-bond acceptors (Lipinski definition) is 5. The molecule has 4 rings (SSSR count). The Bertz CT molecular complexity index is 1370. The van der Waals surface area contributed by atoms with E-state index in [-0.39, 0.29) is 23.8 Å². The third-order valence-corrected chi connectivity index (χ3v) is 8.01. The number of hydrogen-bond donors (Lipinski definition) is 2. The van der Waals surface area contributed by atoms with Gasteiger partial charge in [-0.05, 0) is 87.8 Å². The van der Waals surface area contributed by atoms with Gasteiger partial charge in [-0.25, -0.2) is 9.18 Å². The minimum atomic E-state index is -1.28. The number of anilines is 1. The quantitative estimate of drug-likeness (QED) is 0.446. The second-order valence-corrected chi connectivity index (χ2v) is 12.1. The van der Waals surface area contributed by atoms with Gasteiger partial charge < -0.3 is 20.3 Å². The number of benzene rings is 2. The molecule has 1 unspecified atom stereocenters. The van der Waals surface area contributed by atoms with Gasteiger partial charge in [0.1, 0.15) is 23.0 Å². The van der Waals surface area contributed by atoms with E-state index in [4.69, 9.17) is 4.74 Å². The fourth-order valence-electron chi connectivity index (χ4n) is 5.80. The van der Waals surface area contributed by atoms with Crippen LogP contribution in [0.2, 0.25) is 0 Å². The summed E-state index contributed by atoms with van der Waals surface area (Å²) in [4.78, 5) is 40.2. The largest absolute Gasteiger partial charge is 0.444 e. The molecule has 1 saturated carbocycles. The van der Waals surface area contributed by atoms with Crippen LogP contribution in [-0.4, -0.2) is 41.6 Å². The summed E-state index contributed by atoms with van der Waals surface area (Å²) in [6, 6.07) is 11.5. The van der Waals surface area contributed by atoms with Crippen LogP contribution in [0.1, 0.15) is 71.4 Å². The van der Waals surface area contributed by atoms with Gasteiger partial charge in [0.05, 0.1) is 12.5 Å². The highest BCUT2D eigenvalue weighted by Crippen LogP contribution is 2.36. The Balaban J connectivity index is 1.49. The number of amides is 3. The molecule has 9 heteroatoms. The van der Waals surface area contributed by atoms with Gasteiger partial charge in [-0.15, -0.1) is 0 Å². The normalized spacial score (nSPS) is 17.4. The predicted octanol–water partition coefficient (Wildman–Crippen LogP) is 5.43. The average Bonchev–Trinajstić information content (AvgIpc) is 3.55. The number of likely N-dealkylation sites (N-methyl/N-ethyl adjacent to an activating group) is 1. The topological polar surface area (TPSA) is 112 Å². The number of fused-ring (bicyclic) bond motifs is 1. The number of carbonyl (C=O) groups excluding carboxylic acids is 3. The fraction of sp³-hybridized carbons (Fsp3) is 0.500. The van der Waals surface area contributed by atoms with Crippen molar-refractivity contribution < 1.29 is 23.5 Å². The highest BCUT2D eigenvalue weighted by atomic mass is 19.1. The highest BCUT2D eigenvalue weighted by molar-refractivity contribution is 6.02. The van der Waals surface area contributed by atoms with Crippen molar-refractivity contribution in [3.63, 3.8) is 0 Å². The molecule has 1 heterocycles. The molecule has 0 bridgehead atoms. The third-order valence-electron chi connectivity index (χ3n) is 8.01. The second-order valence-electron chi connectivity index (χ2n) is 12.1. The number of halogens is 1. The van der Waals surface area contributed by atoms with Gasteiger partial charge in [0, 0.05) is 18.7 Å². The molecule has 0 saturated heterocycles. The second kappa shape index (κ2) is 11.9. The van der Waals surface area contributed by atoms with Crippen LogP contribution in [0.5, 0.6) is 0 Å². The highest BCUT2D eigenvalue weighted by Gasteiger charge is 2.45. The van der Waals surface area contributed by atoms with Crippen molar-refractivity contribution in [1.29, 1.82) is 5.26 Å². The van der Waals surface area contributed by atoms with Crippen LogP contribution in [-0.2, 0) is 27.2 Å². The molecule has 2 aromatic carbocycles. The molecule has 2 aliphatic rings. The summed E-state index contributed by atoms with van der Waals surface area (Å²) in [7, 11) is 0. The minimum Gasteiger partial charge on any atom is -0.444 e. The standard InChI is InChI=1S/C32H39FN4O4/c1-6-37-27-17-21(12-14-23(27)18-28(37)38)20-11-13-22(26(33)16-20)15-25(19-34)35-29(39)32(5,24-9-7-8-10-24)36-30(40)41-31(2,3)4/h11-14,16-17,24-25H,6-10,15,18H2,1-5H3,(H,35,39)(H,36,40)/t25-,32?/m0/s1. The molecular formula is C32H39FN4O4. The third kappa shape index (κ3) is 6.70. The van der Waals surface area contributed by atoms with Gasteiger partial charge in [-0.1, -0.05) is 37.1 Å². The van der Waals surface area contributed by atoms with E-state index in [1.54, 1.807) is 44.7 Å². The number of alkyl carbamates (subject to hydrolysis) is 1. The van der Waals surface area contributed by atoms with Crippen molar-refractivity contribution in [1.82, 2.24) is 10.6 Å². The molecule has 2 N–H and O–H groups in total. The van der Waals surface area contributed by atoms with E-state index < -0.39 is 35.0 Å². The molecular weight excluding hydrogens is 523 g/mol. The fourth-order valence-corrected chi connectivity index (χ4v) is 5.80. The number of nitrogens with one attached hydrogen (secondary N) is 2. The van der Waals surface area contributed by atoms with Crippen LogP contribution in [0.25, 0.3) is 11.1 Å². The summed E-state index contributed by atoms with van der Waals surface area (Å²) in [6.07, 6.45) is 3.05. The predicted molar refractivity (Wildman–Crippen MR) is 155 cm³/mol. The van der Waals surface area contributed by atoms with E-state index in [2.05, 4.69) is 16.7 Å². The van der Waals surface area contributed by atoms with Crippen molar-refractivity contribution in [2.75, 3.05) is 11.4 Å². The number of nitriles is 1. The van der Waals surface area contributed by atoms with E-state index in [0.717, 1.165) is 42.5 Å². The maximum Gasteiger partial charge on any atom is 0.408 e. The van der Waals surface area contributed by atoms with E-state index in [0.29, 0.717) is 18.5 Å². The first-order valence-electron chi connectivity index (χ1n) is 14.3. The summed E-state index contributed by atoms with van der Waals surface area (Å²) in [5.41, 5.74) is 1.51. The van der Waals surface area contributed by atoms with Gasteiger partial charge in [-0.3, -0.25) is 9.59 Å². The number of rotatable bonds is 8. The average molecular weight is 563 g/mol. The molecule has 0 aromatic heterocycles. The van der Waals surface area contributed by atoms with Crippen molar-refractivity contribution in [3.05, 3.63) is 53.3 Å². The van der Waals surface area contributed by atoms with E-state index in [1.807, 2.05) is 25.1 Å². The molecule has 8 nitrogen and oxygen atoms in total. The zero-order chi connectivity index (χ0) is 29.9. The summed E-state index contributed by atoms with van der Waals surface area (Å²) in [6.45, 7) is 9.39. The smallest absolute Gasteiger partial charge is 0.408 e. The lowest BCUT2D eigenvalue weighted by Gasteiger charge is -2.36. The molecule has 1 aliphatic carbocycles. The monoisotopic (exact) mass is 562 g/mol. The van der Waals surface area contributed by atoms with Crippen LogP contribution >= 0.6 is 0 Å². The molecule has 1 aliphatic heterocycles. The molecule has 1 fully saturated rings. The maximum absolute atomic E-state index is 15.3. The van der Waals surface area contributed by atoms with Crippen LogP contribution in [0.15, 0.2) is 36.4 Å². The van der Waals surface area contributed by atoms with Gasteiger partial charge in [0.25, 0.3) is 0 Å². The molecule has 218 valence electrons. The first kappa shape index (κ1) is 30.0. The molecule has 2 aromatic rings. The Morgan fingerprint density at radius 2 is 1.78 bits per heavy atom. The first-order chi connectivity index (χ1) is 19.3. The van der Waals surface area contributed by atoms with Gasteiger partial charge in [0.15, 0.2) is 0 Å². The summed E-state index contributed by atoms with van der Waals surface area (Å²) in [5.74, 6) is -1.05. The molecule has 0 radical (unpaired) electrons. The summed E-state index contributed by atoms with van der Waals surface area (Å²) < 4.78 is 20.7. The Morgan fingerprint density at radius 3 is 2.39 bits per heavy atom. The first-order valence-corrected chi connectivity index (χ1v) is 14.3. The minimum absolute atomic E-state index is 0.0379. The van der Waals surface area contributed by atoms with E-state index in [1.165, 1.54) is 6.07 Å². The molecule has 0 spiro atoms. The van der Waals surface area contributed by atoms with Gasteiger partial charge >= 0.3 is 6.09 Å². The van der Waals surface area contributed by atoms with Gasteiger partial charge in [-0.2, -0.15) is 5.26 Å². The van der Waals surface area contributed by atoms with Crippen molar-refractivity contribution in [2.45, 2.75) is 90.3 Å². The lowest BCUT2D eigenvalue weighted by Crippen LogP contribution is -2.62. The SMILES string of the molecule is CCN1C(=O)Cc2ccc(-c3ccc(C[C@@H](C#N)NC(=O)C(C)(NC(=O)OC(C)(C)C)C4CCCC4)c(F)c3)cc21. The van der Waals surface area contributed by atoms with E-state index >= 15 is 4.39 Å². The van der Waals surface area contributed by atoms with E-state index in [9.17, 15) is 19.6 Å². The molecule has 2 atom stereocenters. The lowest BCUT2D eigenvalue weighted by atomic mass is 9.83. The Labute approximate surface area is 241 Å². The maximum atomic E-state index is 15.3. The van der Waals surface area contributed by atoms with Crippen molar-refractivity contribution >= 4 is 23.6 Å². The number of carbonyl (C=O) groups is 3.